The molecular formula is C12H18N4O3. The predicted molar refractivity (Wildman–Crippen MR) is 67.8 cm³/mol. The van der Waals surface area contributed by atoms with E-state index in [-0.39, 0.29) is 17.5 Å². The van der Waals surface area contributed by atoms with Gasteiger partial charge in [0.25, 0.3) is 0 Å². The molecule has 1 fully saturated rings. The molecule has 1 aromatic heterocycles. The van der Waals surface area contributed by atoms with E-state index in [0.29, 0.717) is 13.1 Å². The highest BCUT2D eigenvalue weighted by Gasteiger charge is 2.20. The van der Waals surface area contributed by atoms with Crippen molar-refractivity contribution in [3.63, 3.8) is 0 Å². The normalized spacial score (nSPS) is 19.1. The van der Waals surface area contributed by atoms with E-state index in [9.17, 15) is 9.59 Å². The zero-order valence-electron chi connectivity index (χ0n) is 10.6. The molecule has 3 N–H and O–H groups in total. The zero-order valence-corrected chi connectivity index (χ0v) is 10.6. The van der Waals surface area contributed by atoms with Crippen molar-refractivity contribution >= 4 is 11.9 Å². The number of carbonyl (C=O) groups excluding carboxylic acids is 1. The summed E-state index contributed by atoms with van der Waals surface area (Å²) in [5, 5.41) is 14.8. The topological polar surface area (TPSA) is 96.2 Å². The Morgan fingerprint density at radius 1 is 1.58 bits per heavy atom. The van der Waals surface area contributed by atoms with Gasteiger partial charge in [0.2, 0.25) is 5.91 Å². The number of amides is 1. The molecule has 1 saturated heterocycles. The van der Waals surface area contributed by atoms with Crippen LogP contribution in [0, 0.1) is 5.92 Å². The van der Waals surface area contributed by atoms with Crippen LogP contribution >= 0.6 is 0 Å². The van der Waals surface area contributed by atoms with E-state index in [0.717, 1.165) is 25.9 Å². The average molecular weight is 266 g/mol. The summed E-state index contributed by atoms with van der Waals surface area (Å²) in [5.74, 6) is -0.937. The molecule has 0 aromatic carbocycles. The molecule has 1 amide bonds. The summed E-state index contributed by atoms with van der Waals surface area (Å²) in [6, 6.07) is 0. The van der Waals surface area contributed by atoms with Gasteiger partial charge in [-0.2, -0.15) is 0 Å². The van der Waals surface area contributed by atoms with E-state index >= 15 is 0 Å². The van der Waals surface area contributed by atoms with Crippen LogP contribution in [0.4, 0.5) is 0 Å². The number of aromatic nitrogens is 2. The van der Waals surface area contributed by atoms with Gasteiger partial charge in [0.05, 0.1) is 12.2 Å². The second-order valence-electron chi connectivity index (χ2n) is 4.64. The van der Waals surface area contributed by atoms with Crippen molar-refractivity contribution in [1.82, 2.24) is 20.2 Å². The van der Waals surface area contributed by atoms with Gasteiger partial charge in [-0.05, 0) is 19.4 Å². The SMILES string of the molecule is O=C(O)c1cn(CCNC(=O)[C@H]2CCCNC2)cn1. The van der Waals surface area contributed by atoms with Crippen molar-refractivity contribution in [3.05, 3.63) is 18.2 Å². The standard InChI is InChI=1S/C12H18N4O3/c17-11(9-2-1-3-13-6-9)14-4-5-16-7-10(12(18)19)15-8-16/h7-9,13H,1-6H2,(H,14,17)(H,18,19)/t9-/m0/s1. The maximum atomic E-state index is 11.8. The van der Waals surface area contributed by atoms with E-state index in [2.05, 4.69) is 15.6 Å². The van der Waals surface area contributed by atoms with Gasteiger partial charge in [0, 0.05) is 25.8 Å². The maximum Gasteiger partial charge on any atom is 0.356 e. The third-order valence-electron chi connectivity index (χ3n) is 3.19. The van der Waals surface area contributed by atoms with Gasteiger partial charge in [-0.15, -0.1) is 0 Å². The van der Waals surface area contributed by atoms with Crippen LogP contribution in [0.5, 0.6) is 0 Å². The Kier molecular flexibility index (Phi) is 4.51. The molecule has 1 aliphatic rings. The fraction of sp³-hybridized carbons (Fsp3) is 0.583. The molecule has 0 unspecified atom stereocenters. The Morgan fingerprint density at radius 2 is 2.42 bits per heavy atom. The van der Waals surface area contributed by atoms with Crippen molar-refractivity contribution < 1.29 is 14.7 Å². The smallest absolute Gasteiger partial charge is 0.356 e. The van der Waals surface area contributed by atoms with Gasteiger partial charge >= 0.3 is 5.97 Å². The third kappa shape index (κ3) is 3.78. The van der Waals surface area contributed by atoms with E-state index in [4.69, 9.17) is 5.11 Å². The largest absolute Gasteiger partial charge is 0.476 e. The molecule has 7 nitrogen and oxygen atoms in total. The van der Waals surface area contributed by atoms with E-state index in [1.165, 1.54) is 12.5 Å². The van der Waals surface area contributed by atoms with Crippen molar-refractivity contribution in [2.45, 2.75) is 19.4 Å². The Labute approximate surface area is 111 Å². The molecule has 0 aliphatic carbocycles. The van der Waals surface area contributed by atoms with Crippen molar-refractivity contribution in [1.29, 1.82) is 0 Å². The minimum absolute atomic E-state index is 0.0165. The number of carboxylic acid groups (broad SMARTS) is 1. The van der Waals surface area contributed by atoms with Crippen LogP contribution < -0.4 is 10.6 Å². The molecule has 1 atom stereocenters. The second-order valence-corrected chi connectivity index (χ2v) is 4.64. The van der Waals surface area contributed by atoms with Crippen LogP contribution in [0.2, 0.25) is 0 Å². The number of hydrogen-bond acceptors (Lipinski definition) is 4. The number of carbonyl (C=O) groups is 2. The van der Waals surface area contributed by atoms with E-state index < -0.39 is 5.97 Å². The lowest BCUT2D eigenvalue weighted by molar-refractivity contribution is -0.125. The molecule has 7 heteroatoms. The number of aromatic carboxylic acids is 1. The summed E-state index contributed by atoms with van der Waals surface area (Å²) in [5.41, 5.74) is 0.0165. The second kappa shape index (κ2) is 6.33. The highest BCUT2D eigenvalue weighted by atomic mass is 16.4. The molecule has 0 bridgehead atoms. The molecule has 1 aliphatic heterocycles. The lowest BCUT2D eigenvalue weighted by Gasteiger charge is -2.21. The number of carboxylic acids is 1. The van der Waals surface area contributed by atoms with Gasteiger partial charge in [-0.25, -0.2) is 9.78 Å². The highest BCUT2D eigenvalue weighted by molar-refractivity contribution is 5.84. The molecule has 1 aromatic rings. The lowest BCUT2D eigenvalue weighted by atomic mass is 9.99. The van der Waals surface area contributed by atoms with Crippen LogP contribution in [0.25, 0.3) is 0 Å². The third-order valence-corrected chi connectivity index (χ3v) is 3.19. The Hall–Kier alpha value is -1.89. The van der Waals surface area contributed by atoms with Crippen LogP contribution in [0.3, 0.4) is 0 Å². The Balaban J connectivity index is 1.73. The molecule has 19 heavy (non-hydrogen) atoms. The van der Waals surface area contributed by atoms with E-state index in [1.54, 1.807) is 4.57 Å². The van der Waals surface area contributed by atoms with Crippen molar-refractivity contribution in [2.24, 2.45) is 5.92 Å². The lowest BCUT2D eigenvalue weighted by Crippen LogP contribution is -2.41. The number of rotatable bonds is 5. The van der Waals surface area contributed by atoms with Gasteiger partial charge in [-0.3, -0.25) is 4.79 Å². The van der Waals surface area contributed by atoms with Gasteiger partial charge in [0.1, 0.15) is 0 Å². The molecule has 2 heterocycles. The molecule has 0 radical (unpaired) electrons. The Morgan fingerprint density at radius 3 is 3.05 bits per heavy atom. The first-order chi connectivity index (χ1) is 9.16. The zero-order chi connectivity index (χ0) is 13.7. The highest BCUT2D eigenvalue weighted by Crippen LogP contribution is 2.09. The molecule has 0 spiro atoms. The van der Waals surface area contributed by atoms with Crippen LogP contribution in [-0.2, 0) is 11.3 Å². The first-order valence-electron chi connectivity index (χ1n) is 6.40. The quantitative estimate of drug-likeness (QED) is 0.680. The first-order valence-corrected chi connectivity index (χ1v) is 6.40. The van der Waals surface area contributed by atoms with Crippen molar-refractivity contribution in [2.75, 3.05) is 19.6 Å². The van der Waals surface area contributed by atoms with E-state index in [1.807, 2.05) is 0 Å². The number of nitrogens with zero attached hydrogens (tertiary/aromatic N) is 2. The summed E-state index contributed by atoms with van der Waals surface area (Å²) in [7, 11) is 0. The minimum atomic E-state index is -1.05. The summed E-state index contributed by atoms with van der Waals surface area (Å²) in [6.45, 7) is 2.72. The van der Waals surface area contributed by atoms with Crippen LogP contribution in [-0.4, -0.2) is 46.2 Å². The number of imidazole rings is 1. The minimum Gasteiger partial charge on any atom is -0.476 e. The molecule has 0 saturated carbocycles. The summed E-state index contributed by atoms with van der Waals surface area (Å²) >= 11 is 0. The first kappa shape index (κ1) is 13.5. The monoisotopic (exact) mass is 266 g/mol. The number of nitrogens with one attached hydrogen (secondary N) is 2. The van der Waals surface area contributed by atoms with Crippen LogP contribution in [0.15, 0.2) is 12.5 Å². The van der Waals surface area contributed by atoms with Gasteiger partial charge in [-0.1, -0.05) is 0 Å². The van der Waals surface area contributed by atoms with Crippen LogP contribution in [0.1, 0.15) is 23.3 Å². The number of piperidine rings is 1. The average Bonchev–Trinajstić information content (AvgIpc) is 2.89. The fourth-order valence-corrected chi connectivity index (χ4v) is 2.12. The van der Waals surface area contributed by atoms with Crippen molar-refractivity contribution in [3.8, 4) is 0 Å². The predicted octanol–water partition coefficient (Wildman–Crippen LogP) is -0.303. The fourth-order valence-electron chi connectivity index (χ4n) is 2.12. The maximum absolute atomic E-state index is 11.8. The Bertz CT molecular complexity index is 452. The summed E-state index contributed by atoms with van der Waals surface area (Å²) in [6.07, 6.45) is 4.86. The molecule has 104 valence electrons. The summed E-state index contributed by atoms with van der Waals surface area (Å²) in [4.78, 5) is 26.2. The van der Waals surface area contributed by atoms with Gasteiger partial charge in [0.15, 0.2) is 5.69 Å². The number of hydrogen-bond donors (Lipinski definition) is 3. The molecule has 2 rings (SSSR count). The molecular weight excluding hydrogens is 248 g/mol. The summed E-state index contributed by atoms with van der Waals surface area (Å²) < 4.78 is 1.66. The van der Waals surface area contributed by atoms with Gasteiger partial charge < -0.3 is 20.3 Å².